The number of nitrogens with one attached hydrogen (secondary N) is 1. The number of rotatable bonds is 8. The number of para-hydroxylation sites is 1. The smallest absolute Gasteiger partial charge is 0.260 e. The van der Waals surface area contributed by atoms with Crippen molar-refractivity contribution in [2.45, 2.75) is 18.8 Å². The van der Waals surface area contributed by atoms with Gasteiger partial charge in [-0.05, 0) is 47.1 Å². The molecular weight excluding hydrogens is 382 g/mol. The molecule has 0 fully saturated rings. The summed E-state index contributed by atoms with van der Waals surface area (Å²) >= 11 is 7.01. The normalized spacial score (nSPS) is 11.9. The number of thiophene rings is 1. The Kier molecular flexibility index (Phi) is 7.29. The number of halogens is 1. The van der Waals surface area contributed by atoms with Crippen LogP contribution in [0.2, 0.25) is 0 Å². The van der Waals surface area contributed by atoms with Crippen molar-refractivity contribution in [2.75, 3.05) is 12.3 Å². The van der Waals surface area contributed by atoms with Gasteiger partial charge < -0.3 is 10.1 Å². The highest BCUT2D eigenvalue weighted by Crippen LogP contribution is 2.25. The standard InChI is InChI=1S/C16H18BrNO2S2/c1-12(20-13-5-3-2-4-6-13)16(19)18-9-10-21-11-14-7-8-15(17)22-14/h2-8,12H,9-11H2,1H3,(H,18,19)/t12-/m1/s1. The summed E-state index contributed by atoms with van der Waals surface area (Å²) in [6.45, 7) is 2.41. The van der Waals surface area contributed by atoms with E-state index in [9.17, 15) is 4.79 Å². The molecule has 1 N–H and O–H groups in total. The molecular formula is C16H18BrNO2S2. The zero-order valence-electron chi connectivity index (χ0n) is 12.3. The van der Waals surface area contributed by atoms with Crippen molar-refractivity contribution in [3.8, 4) is 5.75 Å². The van der Waals surface area contributed by atoms with E-state index in [0.29, 0.717) is 12.3 Å². The van der Waals surface area contributed by atoms with Crippen LogP contribution in [0.25, 0.3) is 0 Å². The molecule has 2 aromatic rings. The Bertz CT molecular complexity index is 589. The minimum absolute atomic E-state index is 0.0803. The Balaban J connectivity index is 1.61. The second kappa shape index (κ2) is 9.22. The van der Waals surface area contributed by atoms with Crippen molar-refractivity contribution in [3.63, 3.8) is 0 Å². The topological polar surface area (TPSA) is 38.3 Å². The van der Waals surface area contributed by atoms with E-state index >= 15 is 0 Å². The summed E-state index contributed by atoms with van der Waals surface area (Å²) in [5, 5.41) is 2.90. The molecule has 1 amide bonds. The Morgan fingerprint density at radius 1 is 1.32 bits per heavy atom. The highest BCUT2D eigenvalue weighted by molar-refractivity contribution is 9.11. The van der Waals surface area contributed by atoms with Crippen LogP contribution < -0.4 is 10.1 Å². The summed E-state index contributed by atoms with van der Waals surface area (Å²) in [5.41, 5.74) is 0. The van der Waals surface area contributed by atoms with Crippen LogP contribution in [0.5, 0.6) is 5.75 Å². The molecule has 0 spiro atoms. The van der Waals surface area contributed by atoms with Gasteiger partial charge in [-0.25, -0.2) is 0 Å². The molecule has 0 aliphatic rings. The number of benzene rings is 1. The number of ether oxygens (including phenoxy) is 1. The quantitative estimate of drug-likeness (QED) is 0.671. The van der Waals surface area contributed by atoms with Crippen molar-refractivity contribution < 1.29 is 9.53 Å². The zero-order chi connectivity index (χ0) is 15.8. The minimum Gasteiger partial charge on any atom is -0.481 e. The first-order valence-corrected chi connectivity index (χ1v) is 9.73. The second-order valence-electron chi connectivity index (χ2n) is 4.62. The van der Waals surface area contributed by atoms with Gasteiger partial charge in [-0.15, -0.1) is 11.3 Å². The Morgan fingerprint density at radius 3 is 2.77 bits per heavy atom. The monoisotopic (exact) mass is 399 g/mol. The van der Waals surface area contributed by atoms with E-state index in [-0.39, 0.29) is 5.91 Å². The van der Waals surface area contributed by atoms with Gasteiger partial charge in [-0.3, -0.25) is 4.79 Å². The molecule has 118 valence electrons. The largest absolute Gasteiger partial charge is 0.481 e. The first-order valence-electron chi connectivity index (χ1n) is 6.96. The van der Waals surface area contributed by atoms with Gasteiger partial charge in [0, 0.05) is 22.9 Å². The van der Waals surface area contributed by atoms with Gasteiger partial charge >= 0.3 is 0 Å². The maximum atomic E-state index is 11.9. The molecule has 1 aromatic carbocycles. The first kappa shape index (κ1) is 17.4. The van der Waals surface area contributed by atoms with E-state index < -0.39 is 6.10 Å². The van der Waals surface area contributed by atoms with Gasteiger partial charge in [0.15, 0.2) is 6.10 Å². The average molecular weight is 400 g/mol. The van der Waals surface area contributed by atoms with Crippen LogP contribution in [0.3, 0.4) is 0 Å². The van der Waals surface area contributed by atoms with Crippen LogP contribution >= 0.6 is 39.0 Å². The first-order chi connectivity index (χ1) is 10.6. The van der Waals surface area contributed by atoms with E-state index in [2.05, 4.69) is 33.4 Å². The molecule has 2 rings (SSSR count). The fraction of sp³-hybridized carbons (Fsp3) is 0.312. The minimum atomic E-state index is -0.486. The molecule has 1 aromatic heterocycles. The maximum Gasteiger partial charge on any atom is 0.260 e. The van der Waals surface area contributed by atoms with Crippen LogP contribution in [0.4, 0.5) is 0 Å². The van der Waals surface area contributed by atoms with E-state index in [0.717, 1.165) is 15.3 Å². The lowest BCUT2D eigenvalue weighted by atomic mass is 10.3. The average Bonchev–Trinajstić information content (AvgIpc) is 2.93. The number of hydrogen-bond acceptors (Lipinski definition) is 4. The summed E-state index contributed by atoms with van der Waals surface area (Å²) < 4.78 is 6.74. The number of carbonyl (C=O) groups is 1. The van der Waals surface area contributed by atoms with Crippen LogP contribution in [0, 0.1) is 0 Å². The predicted molar refractivity (Wildman–Crippen MR) is 97.7 cm³/mol. The molecule has 3 nitrogen and oxygen atoms in total. The third kappa shape index (κ3) is 6.02. The molecule has 0 aliphatic carbocycles. The lowest BCUT2D eigenvalue weighted by Gasteiger charge is -2.14. The van der Waals surface area contributed by atoms with Gasteiger partial charge in [0.25, 0.3) is 5.91 Å². The van der Waals surface area contributed by atoms with Gasteiger partial charge in [-0.1, -0.05) is 18.2 Å². The lowest BCUT2D eigenvalue weighted by molar-refractivity contribution is -0.127. The molecule has 0 saturated heterocycles. The molecule has 1 heterocycles. The molecule has 0 saturated carbocycles. The summed E-state index contributed by atoms with van der Waals surface area (Å²) in [4.78, 5) is 13.3. The van der Waals surface area contributed by atoms with Crippen molar-refractivity contribution in [1.82, 2.24) is 5.32 Å². The van der Waals surface area contributed by atoms with Gasteiger partial charge in [0.05, 0.1) is 3.79 Å². The van der Waals surface area contributed by atoms with Crippen molar-refractivity contribution in [3.05, 3.63) is 51.1 Å². The third-order valence-electron chi connectivity index (χ3n) is 2.84. The van der Waals surface area contributed by atoms with Crippen molar-refractivity contribution >= 4 is 44.9 Å². The van der Waals surface area contributed by atoms with E-state index in [1.54, 1.807) is 18.3 Å². The predicted octanol–water partition coefficient (Wildman–Crippen LogP) is 4.33. The van der Waals surface area contributed by atoms with Crippen molar-refractivity contribution in [1.29, 1.82) is 0 Å². The lowest BCUT2D eigenvalue weighted by Crippen LogP contribution is -2.37. The highest BCUT2D eigenvalue weighted by atomic mass is 79.9. The van der Waals surface area contributed by atoms with Crippen LogP contribution in [0.1, 0.15) is 11.8 Å². The molecule has 22 heavy (non-hydrogen) atoms. The van der Waals surface area contributed by atoms with Crippen LogP contribution in [0.15, 0.2) is 46.3 Å². The van der Waals surface area contributed by atoms with E-state index in [1.807, 2.05) is 42.1 Å². The Hall–Kier alpha value is -0.980. The molecule has 6 heteroatoms. The summed E-state index contributed by atoms with van der Waals surface area (Å²) in [7, 11) is 0. The SMILES string of the molecule is C[C@@H](Oc1ccccc1)C(=O)NCCSCc1ccc(Br)s1. The number of amides is 1. The van der Waals surface area contributed by atoms with E-state index in [4.69, 9.17) is 4.74 Å². The second-order valence-corrected chi connectivity index (χ2v) is 8.28. The van der Waals surface area contributed by atoms with E-state index in [1.165, 1.54) is 4.88 Å². The number of thioether (sulfide) groups is 1. The van der Waals surface area contributed by atoms with Gasteiger partial charge in [0.2, 0.25) is 0 Å². The summed E-state index contributed by atoms with van der Waals surface area (Å²) in [6.07, 6.45) is -0.486. The Labute approximate surface area is 147 Å². The molecule has 0 bridgehead atoms. The van der Waals surface area contributed by atoms with Crippen LogP contribution in [-0.2, 0) is 10.5 Å². The third-order valence-corrected chi connectivity index (χ3v) is 5.66. The molecule has 0 aliphatic heterocycles. The van der Waals surface area contributed by atoms with Gasteiger partial charge in [0.1, 0.15) is 5.75 Å². The van der Waals surface area contributed by atoms with Crippen molar-refractivity contribution in [2.24, 2.45) is 0 Å². The fourth-order valence-corrected chi connectivity index (χ4v) is 4.20. The number of hydrogen-bond donors (Lipinski definition) is 1. The highest BCUT2D eigenvalue weighted by Gasteiger charge is 2.13. The molecule has 0 radical (unpaired) electrons. The van der Waals surface area contributed by atoms with Crippen LogP contribution in [-0.4, -0.2) is 24.3 Å². The zero-order valence-corrected chi connectivity index (χ0v) is 15.5. The molecule has 0 unspecified atom stereocenters. The molecule has 1 atom stereocenters. The van der Waals surface area contributed by atoms with Gasteiger partial charge in [-0.2, -0.15) is 11.8 Å². The maximum absolute atomic E-state index is 11.9. The summed E-state index contributed by atoms with van der Waals surface area (Å²) in [6, 6.07) is 13.6. The fourth-order valence-electron chi connectivity index (χ4n) is 1.75. The summed E-state index contributed by atoms with van der Waals surface area (Å²) in [5.74, 6) is 2.49. The Morgan fingerprint density at radius 2 is 2.09 bits per heavy atom. The number of carbonyl (C=O) groups excluding carboxylic acids is 1.